The van der Waals surface area contributed by atoms with E-state index >= 15 is 0 Å². The molecular formula is C23H27N3O4S. The van der Waals surface area contributed by atoms with Gasteiger partial charge in [-0.25, -0.2) is 0 Å². The minimum absolute atomic E-state index is 0.121. The summed E-state index contributed by atoms with van der Waals surface area (Å²) in [6.45, 7) is 5.73. The number of anilines is 1. The largest absolute Gasteiger partial charge is 0.493 e. The van der Waals surface area contributed by atoms with Gasteiger partial charge in [0.15, 0.2) is 16.6 Å². The summed E-state index contributed by atoms with van der Waals surface area (Å²) in [5.41, 5.74) is 1.51. The van der Waals surface area contributed by atoms with Crippen LogP contribution in [0.15, 0.2) is 48.5 Å². The molecule has 0 saturated heterocycles. The Morgan fingerprint density at radius 3 is 2.35 bits per heavy atom. The monoisotopic (exact) mass is 441 g/mol. The number of ether oxygens (including phenoxy) is 2. The Kier molecular flexibility index (Phi) is 8.15. The summed E-state index contributed by atoms with van der Waals surface area (Å²) < 4.78 is 10.4. The standard InChI is InChI=1S/C23H27N3O4S/c1-23(2,3)26-21(28)16-7-6-8-17(14-16)24-22(31)25-20(27)12-10-15-9-11-18(29-4)19(13-15)30-5/h6-14H,1-5H3,(H,26,28)(H2,24,25,27,31)/b12-10+. The Bertz CT molecular complexity index is 997. The number of nitrogens with one attached hydrogen (secondary N) is 3. The fourth-order valence-electron chi connectivity index (χ4n) is 2.60. The van der Waals surface area contributed by atoms with Crippen LogP contribution in [0.3, 0.4) is 0 Å². The molecule has 0 radical (unpaired) electrons. The second-order valence-corrected chi connectivity index (χ2v) is 8.08. The molecule has 7 nitrogen and oxygen atoms in total. The molecule has 0 spiro atoms. The highest BCUT2D eigenvalue weighted by atomic mass is 32.1. The predicted octanol–water partition coefficient (Wildman–Crippen LogP) is 3.76. The van der Waals surface area contributed by atoms with Crippen LogP contribution in [0.4, 0.5) is 5.69 Å². The van der Waals surface area contributed by atoms with Gasteiger partial charge >= 0.3 is 0 Å². The number of hydrogen-bond acceptors (Lipinski definition) is 5. The van der Waals surface area contributed by atoms with Crippen molar-refractivity contribution in [1.82, 2.24) is 10.6 Å². The number of benzene rings is 2. The lowest BCUT2D eigenvalue weighted by atomic mass is 10.1. The molecule has 0 atom stereocenters. The van der Waals surface area contributed by atoms with Crippen LogP contribution in [-0.4, -0.2) is 36.7 Å². The van der Waals surface area contributed by atoms with Crippen molar-refractivity contribution in [3.63, 3.8) is 0 Å². The van der Waals surface area contributed by atoms with E-state index in [9.17, 15) is 9.59 Å². The first-order valence-electron chi connectivity index (χ1n) is 9.56. The highest BCUT2D eigenvalue weighted by Gasteiger charge is 2.15. The number of thiocarbonyl (C=S) groups is 1. The third-order valence-electron chi connectivity index (χ3n) is 3.94. The van der Waals surface area contributed by atoms with Crippen molar-refractivity contribution in [1.29, 1.82) is 0 Å². The van der Waals surface area contributed by atoms with Crippen LogP contribution in [0.5, 0.6) is 11.5 Å². The van der Waals surface area contributed by atoms with Crippen molar-refractivity contribution >= 4 is 40.9 Å². The van der Waals surface area contributed by atoms with E-state index in [0.717, 1.165) is 5.56 Å². The van der Waals surface area contributed by atoms with Gasteiger partial charge in [-0.05, 0) is 75.0 Å². The lowest BCUT2D eigenvalue weighted by Crippen LogP contribution is -2.40. The van der Waals surface area contributed by atoms with Gasteiger partial charge in [0.1, 0.15) is 0 Å². The Labute approximate surface area is 187 Å². The highest BCUT2D eigenvalue weighted by molar-refractivity contribution is 7.80. The summed E-state index contributed by atoms with van der Waals surface area (Å²) in [4.78, 5) is 24.5. The van der Waals surface area contributed by atoms with Crippen molar-refractivity contribution in [2.75, 3.05) is 19.5 Å². The van der Waals surface area contributed by atoms with E-state index in [0.29, 0.717) is 22.7 Å². The average molecular weight is 442 g/mol. The van der Waals surface area contributed by atoms with Crippen LogP contribution in [0.2, 0.25) is 0 Å². The lowest BCUT2D eigenvalue weighted by molar-refractivity contribution is -0.115. The minimum atomic E-state index is -0.395. The fraction of sp³-hybridized carbons (Fsp3) is 0.261. The third kappa shape index (κ3) is 7.75. The first kappa shape index (κ1) is 23.9. The molecule has 0 aromatic heterocycles. The molecule has 2 rings (SSSR count). The van der Waals surface area contributed by atoms with E-state index in [1.807, 2.05) is 20.8 Å². The molecule has 0 aliphatic heterocycles. The maximum Gasteiger partial charge on any atom is 0.251 e. The number of rotatable bonds is 6. The molecule has 164 valence electrons. The summed E-state index contributed by atoms with van der Waals surface area (Å²) in [6.07, 6.45) is 3.00. The Balaban J connectivity index is 1.97. The first-order chi connectivity index (χ1) is 14.6. The zero-order valence-corrected chi connectivity index (χ0v) is 19.1. The number of hydrogen-bond donors (Lipinski definition) is 3. The fourth-order valence-corrected chi connectivity index (χ4v) is 2.81. The average Bonchev–Trinajstić information content (AvgIpc) is 2.70. The molecular weight excluding hydrogens is 414 g/mol. The van der Waals surface area contributed by atoms with Crippen molar-refractivity contribution in [3.05, 3.63) is 59.7 Å². The zero-order chi connectivity index (χ0) is 23.0. The van der Waals surface area contributed by atoms with E-state index in [-0.39, 0.29) is 16.6 Å². The summed E-state index contributed by atoms with van der Waals surface area (Å²) in [7, 11) is 3.10. The molecule has 0 heterocycles. The molecule has 31 heavy (non-hydrogen) atoms. The number of carbonyl (C=O) groups excluding carboxylic acids is 2. The number of methoxy groups -OCH3 is 2. The van der Waals surface area contributed by atoms with Crippen molar-refractivity contribution in [3.8, 4) is 11.5 Å². The maximum absolute atomic E-state index is 12.3. The van der Waals surface area contributed by atoms with Crippen molar-refractivity contribution in [2.24, 2.45) is 0 Å². The molecule has 8 heteroatoms. The molecule has 0 aliphatic rings. The number of carbonyl (C=O) groups is 2. The molecule has 0 fully saturated rings. The summed E-state index contributed by atoms with van der Waals surface area (Å²) >= 11 is 5.20. The van der Waals surface area contributed by atoms with Gasteiger partial charge in [0, 0.05) is 22.9 Å². The van der Waals surface area contributed by atoms with E-state index in [2.05, 4.69) is 16.0 Å². The normalized spacial score (nSPS) is 11.0. The van der Waals surface area contributed by atoms with Crippen LogP contribution >= 0.6 is 12.2 Å². The Morgan fingerprint density at radius 2 is 1.71 bits per heavy atom. The zero-order valence-electron chi connectivity index (χ0n) is 18.2. The molecule has 2 amide bonds. The van der Waals surface area contributed by atoms with Gasteiger partial charge < -0.3 is 20.1 Å². The van der Waals surface area contributed by atoms with Gasteiger partial charge in [-0.1, -0.05) is 12.1 Å². The second kappa shape index (κ2) is 10.6. The van der Waals surface area contributed by atoms with Gasteiger partial charge in [-0.3, -0.25) is 14.9 Å². The van der Waals surface area contributed by atoms with Crippen LogP contribution < -0.4 is 25.4 Å². The van der Waals surface area contributed by atoms with Gasteiger partial charge in [0.2, 0.25) is 5.91 Å². The second-order valence-electron chi connectivity index (χ2n) is 7.68. The minimum Gasteiger partial charge on any atom is -0.493 e. The molecule has 3 N–H and O–H groups in total. The summed E-state index contributed by atoms with van der Waals surface area (Å²) in [5, 5.41) is 8.51. The van der Waals surface area contributed by atoms with Crippen LogP contribution in [-0.2, 0) is 4.79 Å². The van der Waals surface area contributed by atoms with Gasteiger partial charge in [-0.15, -0.1) is 0 Å². The van der Waals surface area contributed by atoms with Crippen molar-refractivity contribution < 1.29 is 19.1 Å². The SMILES string of the molecule is COc1ccc(/C=C/C(=O)NC(=S)Nc2cccc(C(=O)NC(C)(C)C)c2)cc1OC. The van der Waals surface area contributed by atoms with Crippen molar-refractivity contribution in [2.45, 2.75) is 26.3 Å². The molecule has 2 aromatic carbocycles. The van der Waals surface area contributed by atoms with Gasteiger partial charge in [0.25, 0.3) is 5.91 Å². The predicted molar refractivity (Wildman–Crippen MR) is 127 cm³/mol. The van der Waals surface area contributed by atoms with Gasteiger partial charge in [-0.2, -0.15) is 0 Å². The van der Waals surface area contributed by atoms with Crippen LogP contribution in [0.25, 0.3) is 6.08 Å². The number of amides is 2. The van der Waals surface area contributed by atoms with Gasteiger partial charge in [0.05, 0.1) is 14.2 Å². The maximum atomic E-state index is 12.3. The summed E-state index contributed by atoms with van der Waals surface area (Å²) in [5.74, 6) is 0.586. The topological polar surface area (TPSA) is 88.7 Å². The smallest absolute Gasteiger partial charge is 0.251 e. The lowest BCUT2D eigenvalue weighted by Gasteiger charge is -2.20. The molecule has 0 unspecified atom stereocenters. The van der Waals surface area contributed by atoms with E-state index in [4.69, 9.17) is 21.7 Å². The van der Waals surface area contributed by atoms with Crippen LogP contribution in [0, 0.1) is 0 Å². The Hall–Kier alpha value is -3.39. The Morgan fingerprint density at radius 1 is 1.00 bits per heavy atom. The first-order valence-corrected chi connectivity index (χ1v) is 9.97. The van der Waals surface area contributed by atoms with Crippen LogP contribution in [0.1, 0.15) is 36.7 Å². The molecule has 0 bridgehead atoms. The highest BCUT2D eigenvalue weighted by Crippen LogP contribution is 2.27. The third-order valence-corrected chi connectivity index (χ3v) is 4.15. The van der Waals surface area contributed by atoms with E-state index < -0.39 is 5.91 Å². The molecule has 2 aromatic rings. The molecule has 0 saturated carbocycles. The van der Waals surface area contributed by atoms with E-state index in [1.165, 1.54) is 6.08 Å². The summed E-state index contributed by atoms with van der Waals surface area (Å²) in [6, 6.07) is 12.2. The quantitative estimate of drug-likeness (QED) is 0.467. The van der Waals surface area contributed by atoms with E-state index in [1.54, 1.807) is 62.8 Å². The molecule has 0 aliphatic carbocycles.